The second-order valence-corrected chi connectivity index (χ2v) is 10.2. The van der Waals surface area contributed by atoms with Crippen molar-refractivity contribution in [1.82, 2.24) is 14.5 Å². The van der Waals surface area contributed by atoms with E-state index in [0.717, 1.165) is 17.7 Å². The van der Waals surface area contributed by atoms with Gasteiger partial charge in [0, 0.05) is 30.6 Å². The second-order valence-electron chi connectivity index (χ2n) is 10.2. The van der Waals surface area contributed by atoms with Gasteiger partial charge in [-0.2, -0.15) is 0 Å². The van der Waals surface area contributed by atoms with Gasteiger partial charge in [-0.05, 0) is 49.7 Å². The number of nitrogens with zero attached hydrogens (tertiary/aromatic N) is 4. The number of anilines is 2. The molecule has 0 bridgehead atoms. The van der Waals surface area contributed by atoms with E-state index in [9.17, 15) is 14.0 Å². The molecule has 0 spiro atoms. The molecule has 212 valence electrons. The third-order valence-corrected chi connectivity index (χ3v) is 7.23. The van der Waals surface area contributed by atoms with Gasteiger partial charge < -0.3 is 14.2 Å². The van der Waals surface area contributed by atoms with E-state index in [4.69, 9.17) is 15.6 Å². The summed E-state index contributed by atoms with van der Waals surface area (Å²) in [6.07, 6.45) is 0.763. The number of hydrogen-bond donors (Lipinski definition) is 1. The van der Waals surface area contributed by atoms with E-state index in [1.807, 2.05) is 60.9 Å². The van der Waals surface area contributed by atoms with Crippen LogP contribution in [0.4, 0.5) is 15.9 Å². The maximum Gasteiger partial charge on any atom is 0.306 e. The molecule has 4 aromatic rings. The largest absolute Gasteiger partial charge is 0.447 e. The standard InChI is InChI=1S/C32H34FN5O3/c1-3-4-10-28(39)41-30(24-8-6-5-7-9-24)32(40)36-19-20-37-27(21-36)35-29(23-13-15-25(33)16-14-23)31(37)38(34)26-17-11-22(2)12-18-26/h5-9,11-18,30H,3-4,10,19-21,34H2,1-2H3. The Hall–Kier alpha value is -4.50. The average Bonchev–Trinajstić information content (AvgIpc) is 3.38. The number of imidazole rings is 1. The third kappa shape index (κ3) is 6.15. The number of aromatic nitrogens is 2. The van der Waals surface area contributed by atoms with Crippen molar-refractivity contribution >= 4 is 23.4 Å². The first-order chi connectivity index (χ1) is 19.9. The molecule has 9 heteroatoms. The predicted molar refractivity (Wildman–Crippen MR) is 155 cm³/mol. The zero-order chi connectivity index (χ0) is 28.9. The fraction of sp³-hybridized carbons (Fsp3) is 0.281. The molecule has 8 nitrogen and oxygen atoms in total. The number of aryl methyl sites for hydroxylation is 1. The summed E-state index contributed by atoms with van der Waals surface area (Å²) in [5.41, 5.74) is 3.78. The topological polar surface area (TPSA) is 93.7 Å². The van der Waals surface area contributed by atoms with Gasteiger partial charge in [0.1, 0.15) is 17.3 Å². The molecule has 41 heavy (non-hydrogen) atoms. The first kappa shape index (κ1) is 28.0. The summed E-state index contributed by atoms with van der Waals surface area (Å²) < 4.78 is 21.5. The minimum atomic E-state index is -1.04. The van der Waals surface area contributed by atoms with Crippen LogP contribution in [0.3, 0.4) is 0 Å². The molecule has 1 aliphatic rings. The van der Waals surface area contributed by atoms with Crippen molar-refractivity contribution in [2.75, 3.05) is 11.6 Å². The van der Waals surface area contributed by atoms with Crippen molar-refractivity contribution in [3.8, 4) is 11.3 Å². The van der Waals surface area contributed by atoms with E-state index >= 15 is 0 Å². The molecule has 5 rings (SSSR count). The lowest BCUT2D eigenvalue weighted by Gasteiger charge is -2.32. The Balaban J connectivity index is 1.48. The van der Waals surface area contributed by atoms with Crippen molar-refractivity contribution in [1.29, 1.82) is 0 Å². The van der Waals surface area contributed by atoms with Gasteiger partial charge in [-0.1, -0.05) is 61.4 Å². The van der Waals surface area contributed by atoms with Crippen LogP contribution in [0.15, 0.2) is 78.9 Å². The van der Waals surface area contributed by atoms with Crippen molar-refractivity contribution in [3.05, 3.63) is 102 Å². The van der Waals surface area contributed by atoms with Crippen LogP contribution >= 0.6 is 0 Å². The number of nitrogens with two attached hydrogens (primary N) is 1. The molecule has 2 heterocycles. The highest BCUT2D eigenvalue weighted by Gasteiger charge is 2.34. The fourth-order valence-electron chi connectivity index (χ4n) is 4.94. The predicted octanol–water partition coefficient (Wildman–Crippen LogP) is 5.83. The summed E-state index contributed by atoms with van der Waals surface area (Å²) in [7, 11) is 0. The number of carbonyl (C=O) groups is 2. The highest BCUT2D eigenvalue weighted by Crippen LogP contribution is 2.36. The Kier molecular flexibility index (Phi) is 8.45. The molecule has 1 amide bonds. The Bertz CT molecular complexity index is 1500. The summed E-state index contributed by atoms with van der Waals surface area (Å²) in [5, 5.41) is 1.58. The molecule has 1 aliphatic heterocycles. The van der Waals surface area contributed by atoms with E-state index in [1.54, 1.807) is 34.2 Å². The lowest BCUT2D eigenvalue weighted by Crippen LogP contribution is -2.42. The van der Waals surface area contributed by atoms with Crippen molar-refractivity contribution in [3.63, 3.8) is 0 Å². The van der Waals surface area contributed by atoms with Crippen LogP contribution in [0.2, 0.25) is 0 Å². The number of ether oxygens (including phenoxy) is 1. The van der Waals surface area contributed by atoms with Crippen LogP contribution < -0.4 is 10.9 Å². The number of benzene rings is 3. The van der Waals surface area contributed by atoms with Crippen LogP contribution in [0.25, 0.3) is 11.3 Å². The van der Waals surface area contributed by atoms with Crippen molar-refractivity contribution in [2.24, 2.45) is 5.84 Å². The van der Waals surface area contributed by atoms with Gasteiger partial charge in [-0.15, -0.1) is 0 Å². The molecule has 1 atom stereocenters. The second kappa shape index (κ2) is 12.3. The highest BCUT2D eigenvalue weighted by molar-refractivity contribution is 5.85. The lowest BCUT2D eigenvalue weighted by molar-refractivity contribution is -0.161. The monoisotopic (exact) mass is 555 g/mol. The van der Waals surface area contributed by atoms with Crippen LogP contribution in [0, 0.1) is 12.7 Å². The molecule has 1 unspecified atom stereocenters. The van der Waals surface area contributed by atoms with Gasteiger partial charge in [0.25, 0.3) is 5.91 Å². The van der Waals surface area contributed by atoms with E-state index in [0.29, 0.717) is 48.0 Å². The summed E-state index contributed by atoms with van der Waals surface area (Å²) in [5.74, 6) is 6.91. The number of hydrogen-bond acceptors (Lipinski definition) is 6. The number of fused-ring (bicyclic) bond motifs is 1. The normalized spacial score (nSPS) is 13.4. The SMILES string of the molecule is CCCCC(=O)OC(C(=O)N1CCn2c(nc(-c3ccc(F)cc3)c2N(N)c2ccc(C)cc2)C1)c1ccccc1. The first-order valence-corrected chi connectivity index (χ1v) is 13.9. The van der Waals surface area contributed by atoms with Crippen molar-refractivity contribution < 1.29 is 18.7 Å². The maximum absolute atomic E-state index is 13.8. The summed E-state index contributed by atoms with van der Waals surface area (Å²) in [6, 6.07) is 23.0. The quantitative estimate of drug-likeness (QED) is 0.159. The Labute approximate surface area is 239 Å². The zero-order valence-electron chi connectivity index (χ0n) is 23.3. The molecule has 0 saturated heterocycles. The van der Waals surface area contributed by atoms with Crippen LogP contribution in [-0.2, 0) is 27.4 Å². The summed E-state index contributed by atoms with van der Waals surface area (Å²) in [4.78, 5) is 33.0. The number of carbonyl (C=O) groups excluding carboxylic acids is 2. The van der Waals surface area contributed by atoms with E-state index < -0.39 is 12.1 Å². The molecule has 2 N–H and O–H groups in total. The van der Waals surface area contributed by atoms with Gasteiger partial charge in [0.2, 0.25) is 6.10 Å². The number of amides is 1. The fourth-order valence-corrected chi connectivity index (χ4v) is 4.94. The van der Waals surface area contributed by atoms with Gasteiger partial charge in [-0.25, -0.2) is 15.2 Å². The summed E-state index contributed by atoms with van der Waals surface area (Å²) in [6.45, 7) is 5.00. The van der Waals surface area contributed by atoms with Crippen LogP contribution in [0.5, 0.6) is 0 Å². The third-order valence-electron chi connectivity index (χ3n) is 7.23. The average molecular weight is 556 g/mol. The van der Waals surface area contributed by atoms with E-state index in [1.165, 1.54) is 12.1 Å². The minimum Gasteiger partial charge on any atom is -0.447 e. The minimum absolute atomic E-state index is 0.199. The molecule has 0 saturated carbocycles. The first-order valence-electron chi connectivity index (χ1n) is 13.9. The van der Waals surface area contributed by atoms with Gasteiger partial charge in [0.15, 0.2) is 5.82 Å². The molecule has 0 aliphatic carbocycles. The Morgan fingerprint density at radius 1 is 1.02 bits per heavy atom. The number of halogens is 1. The Morgan fingerprint density at radius 2 is 1.73 bits per heavy atom. The molecular weight excluding hydrogens is 521 g/mol. The van der Waals surface area contributed by atoms with Crippen LogP contribution in [-0.4, -0.2) is 32.9 Å². The molecule has 3 aromatic carbocycles. The Morgan fingerprint density at radius 3 is 2.41 bits per heavy atom. The van der Waals surface area contributed by atoms with Crippen LogP contribution in [0.1, 0.15) is 49.2 Å². The van der Waals surface area contributed by atoms with Crippen molar-refractivity contribution in [2.45, 2.75) is 52.3 Å². The number of rotatable bonds is 9. The zero-order valence-corrected chi connectivity index (χ0v) is 23.3. The molecule has 0 fully saturated rings. The lowest BCUT2D eigenvalue weighted by atomic mass is 10.1. The number of esters is 1. The number of unbranched alkanes of at least 4 members (excludes halogenated alkanes) is 1. The van der Waals surface area contributed by atoms with Gasteiger partial charge >= 0.3 is 5.97 Å². The molecule has 0 radical (unpaired) electrons. The van der Waals surface area contributed by atoms with Gasteiger partial charge in [0.05, 0.1) is 12.2 Å². The highest BCUT2D eigenvalue weighted by atomic mass is 19.1. The van der Waals surface area contributed by atoms with E-state index in [2.05, 4.69) is 0 Å². The van der Waals surface area contributed by atoms with Gasteiger partial charge in [-0.3, -0.25) is 14.6 Å². The molecule has 1 aromatic heterocycles. The smallest absolute Gasteiger partial charge is 0.306 e. The molecular formula is C32H34FN5O3. The maximum atomic E-state index is 13.8. The van der Waals surface area contributed by atoms with E-state index in [-0.39, 0.29) is 24.7 Å². The summed E-state index contributed by atoms with van der Waals surface area (Å²) >= 11 is 0. The number of hydrazine groups is 1.